The molecule has 2 saturated carbocycles. The first kappa shape index (κ1) is 25.4. The maximum Gasteiger partial charge on any atom is 0.217 e. The molecule has 0 N–H and O–H groups in total. The van der Waals surface area contributed by atoms with Crippen LogP contribution in [0.1, 0.15) is 64.2 Å². The number of hydrogen-bond acceptors (Lipinski definition) is 9. The van der Waals surface area contributed by atoms with Gasteiger partial charge in [0.25, 0.3) is 0 Å². The summed E-state index contributed by atoms with van der Waals surface area (Å²) < 4.78 is 98.0. The minimum Gasteiger partial charge on any atom is -0.229 e. The van der Waals surface area contributed by atoms with Gasteiger partial charge in [-0.2, -0.15) is 0 Å². The summed E-state index contributed by atoms with van der Waals surface area (Å²) in [6.07, 6.45) is 7.10. The largest absolute Gasteiger partial charge is 0.229 e. The van der Waals surface area contributed by atoms with E-state index in [1.54, 1.807) is 0 Å². The third kappa shape index (κ3) is 8.30. The number of sulfone groups is 2. The normalized spacial score (nSPS) is 21.2. The Balaban J connectivity index is 1.90. The van der Waals surface area contributed by atoms with Crippen LogP contribution in [0.3, 0.4) is 0 Å². The van der Waals surface area contributed by atoms with Crippen LogP contribution in [0.4, 0.5) is 0 Å². The van der Waals surface area contributed by atoms with Crippen LogP contribution in [0.25, 0.3) is 0 Å². The smallest absolute Gasteiger partial charge is 0.217 e. The molecule has 0 radical (unpaired) electrons. The summed E-state index contributed by atoms with van der Waals surface area (Å²) >= 11 is 0. The van der Waals surface area contributed by atoms with Crippen molar-refractivity contribution in [2.24, 2.45) is 0 Å². The van der Waals surface area contributed by atoms with Crippen LogP contribution in [0, 0.1) is 0 Å². The van der Waals surface area contributed by atoms with Crippen molar-refractivity contribution >= 4 is 47.2 Å². The van der Waals surface area contributed by atoms with E-state index >= 15 is 0 Å². The predicted molar refractivity (Wildman–Crippen MR) is 116 cm³/mol. The lowest BCUT2D eigenvalue weighted by Crippen LogP contribution is -2.30. The van der Waals surface area contributed by atoms with Gasteiger partial charge in [-0.3, -0.25) is 0 Å². The first-order valence-electron chi connectivity index (χ1n) is 9.93. The van der Waals surface area contributed by atoms with Crippen LogP contribution in [-0.4, -0.2) is 67.2 Å². The molecule has 2 aliphatic carbocycles. The Labute approximate surface area is 178 Å². The third-order valence-electron chi connectivity index (χ3n) is 5.56. The van der Waals surface area contributed by atoms with Crippen molar-refractivity contribution in [3.8, 4) is 0 Å². The zero-order valence-corrected chi connectivity index (χ0v) is 20.4. The van der Waals surface area contributed by atoms with Gasteiger partial charge in [-0.05, 0) is 25.7 Å². The van der Waals surface area contributed by atoms with Gasteiger partial charge < -0.3 is 0 Å². The van der Waals surface area contributed by atoms with E-state index in [1.807, 2.05) is 0 Å². The summed E-state index contributed by atoms with van der Waals surface area (Å²) in [5.41, 5.74) is 0. The highest BCUT2D eigenvalue weighted by molar-refractivity contribution is 9.04. The van der Waals surface area contributed by atoms with E-state index in [9.17, 15) is 33.7 Å². The second-order valence-corrected chi connectivity index (χ2v) is 20.5. The molecule has 2 aliphatic rings. The van der Waals surface area contributed by atoms with Crippen LogP contribution in [0.2, 0.25) is 0 Å². The molecule has 0 aromatic rings. The van der Waals surface area contributed by atoms with Crippen LogP contribution in [0.15, 0.2) is 0 Å². The summed E-state index contributed by atoms with van der Waals surface area (Å²) in [6.45, 7) is 0. The fourth-order valence-corrected chi connectivity index (χ4v) is 17.2. The maximum atomic E-state index is 12.3. The first-order valence-corrected chi connectivity index (χ1v) is 18.5. The molecule has 0 spiro atoms. The van der Waals surface area contributed by atoms with Gasteiger partial charge in [0.15, 0.2) is 19.7 Å². The Hall–Kier alpha value is 0.150. The summed E-state index contributed by atoms with van der Waals surface area (Å²) in [4.78, 5) is 0. The van der Waals surface area contributed by atoms with E-state index in [4.69, 9.17) is 0 Å². The van der Waals surface area contributed by atoms with Crippen molar-refractivity contribution in [2.75, 3.05) is 23.0 Å². The molecule has 0 heterocycles. The summed E-state index contributed by atoms with van der Waals surface area (Å²) in [5.74, 6) is -2.79. The molecule has 2 rings (SSSR count). The van der Waals surface area contributed by atoms with E-state index in [1.165, 1.54) is 0 Å². The van der Waals surface area contributed by atoms with Gasteiger partial charge >= 0.3 is 0 Å². The molecule has 29 heavy (non-hydrogen) atoms. The molecule has 0 atom stereocenters. The molecule has 0 unspecified atom stereocenters. The summed E-state index contributed by atoms with van der Waals surface area (Å²) in [6, 6.07) is 0. The van der Waals surface area contributed by atoms with Crippen molar-refractivity contribution in [3.63, 3.8) is 0 Å². The topological polar surface area (TPSA) is 137 Å². The summed E-state index contributed by atoms with van der Waals surface area (Å²) in [7, 11) is -16.0. The standard InChI is InChI=1S/C16H30O8S5/c17-26(18,15-7-3-1-4-8-15)11-13-28(21,22)25-29(23,24)14-12-27(19,20)16-9-5-2-6-10-16/h15-16H,1-14H2. The lowest BCUT2D eigenvalue weighted by atomic mass is 10.0. The SMILES string of the molecule is O=S(=O)(CCS(=O)(=O)C1CCCCC1)SS(=O)(=O)CCS(=O)(=O)C1CCCCC1. The van der Waals surface area contributed by atoms with Gasteiger partial charge in [0, 0.05) is 0 Å². The Morgan fingerprint density at radius 3 is 1.10 bits per heavy atom. The van der Waals surface area contributed by atoms with Gasteiger partial charge in [-0.1, -0.05) is 38.5 Å². The molecule has 13 heteroatoms. The quantitative estimate of drug-likeness (QED) is 0.403. The van der Waals surface area contributed by atoms with Crippen molar-refractivity contribution in [2.45, 2.75) is 74.7 Å². The molecule has 0 amide bonds. The van der Waals surface area contributed by atoms with Crippen LogP contribution in [-0.2, 0) is 37.4 Å². The molecule has 172 valence electrons. The lowest BCUT2D eigenvalue weighted by molar-refractivity contribution is 0.484. The van der Waals surface area contributed by atoms with Gasteiger partial charge in [0.05, 0.1) is 43.3 Å². The molecule has 0 aliphatic heterocycles. The Bertz CT molecular complexity index is 872. The maximum absolute atomic E-state index is 12.3. The first-order chi connectivity index (χ1) is 13.3. The molecular weight excluding hydrogens is 481 g/mol. The van der Waals surface area contributed by atoms with Gasteiger partial charge in [0.1, 0.15) is 0 Å². The Morgan fingerprint density at radius 1 is 0.483 bits per heavy atom. The highest BCUT2D eigenvalue weighted by atomic mass is 33.5. The monoisotopic (exact) mass is 510 g/mol. The molecule has 0 aromatic heterocycles. The van der Waals surface area contributed by atoms with Crippen LogP contribution >= 0.6 is 9.83 Å². The average Bonchev–Trinajstić information content (AvgIpc) is 2.66. The number of rotatable bonds is 10. The lowest BCUT2D eigenvalue weighted by Gasteiger charge is -2.21. The molecule has 0 aromatic carbocycles. The fourth-order valence-electron chi connectivity index (χ4n) is 3.84. The number of hydrogen-bond donors (Lipinski definition) is 0. The highest BCUT2D eigenvalue weighted by Crippen LogP contribution is 2.28. The van der Waals surface area contributed by atoms with E-state index in [0.717, 1.165) is 38.5 Å². The van der Waals surface area contributed by atoms with Crippen LogP contribution in [0.5, 0.6) is 0 Å². The van der Waals surface area contributed by atoms with Crippen molar-refractivity contribution < 1.29 is 33.7 Å². The second kappa shape index (κ2) is 10.2. The van der Waals surface area contributed by atoms with Gasteiger partial charge in [0.2, 0.25) is 17.7 Å². The molecule has 0 bridgehead atoms. The van der Waals surface area contributed by atoms with E-state index < -0.39 is 70.9 Å². The minimum atomic E-state index is -4.25. The molecule has 8 nitrogen and oxygen atoms in total. The highest BCUT2D eigenvalue weighted by Gasteiger charge is 2.33. The van der Waals surface area contributed by atoms with E-state index in [0.29, 0.717) is 25.7 Å². The molecule has 0 saturated heterocycles. The Kier molecular flexibility index (Phi) is 8.92. The van der Waals surface area contributed by atoms with Crippen LogP contribution < -0.4 is 0 Å². The van der Waals surface area contributed by atoms with Crippen molar-refractivity contribution in [1.29, 1.82) is 0 Å². The zero-order chi connectivity index (χ0) is 21.8. The molecular formula is C16H30O8S5. The van der Waals surface area contributed by atoms with E-state index in [-0.39, 0.29) is 9.83 Å². The predicted octanol–water partition coefficient (Wildman–Crippen LogP) is 1.87. The van der Waals surface area contributed by atoms with Gasteiger partial charge in [-0.15, -0.1) is 0 Å². The minimum absolute atomic E-state index is 0.306. The Morgan fingerprint density at radius 2 is 0.793 bits per heavy atom. The molecule has 2 fully saturated rings. The zero-order valence-electron chi connectivity index (χ0n) is 16.4. The van der Waals surface area contributed by atoms with Gasteiger partial charge in [-0.25, -0.2) is 33.7 Å². The van der Waals surface area contributed by atoms with E-state index in [2.05, 4.69) is 0 Å². The third-order valence-corrected chi connectivity index (χ3v) is 18.4. The van der Waals surface area contributed by atoms with Crippen molar-refractivity contribution in [3.05, 3.63) is 0 Å². The van der Waals surface area contributed by atoms with Crippen molar-refractivity contribution in [1.82, 2.24) is 0 Å². The summed E-state index contributed by atoms with van der Waals surface area (Å²) in [5, 5.41) is -1.12. The fraction of sp³-hybridized carbons (Fsp3) is 1.00. The average molecular weight is 511 g/mol. The second-order valence-electron chi connectivity index (χ2n) is 7.85.